The average molecular weight is 347 g/mol. The first-order valence-electron chi connectivity index (χ1n) is 7.49. The highest BCUT2D eigenvalue weighted by Gasteiger charge is 2.26. The zero-order chi connectivity index (χ0) is 17.3. The Morgan fingerprint density at radius 1 is 1.38 bits per heavy atom. The Hall–Kier alpha value is -2.36. The Balaban J connectivity index is 1.70. The molecule has 9 nitrogen and oxygen atoms in total. The number of anilines is 1. The standard InChI is InChI=1S/C14H17N7O2S/c1-7-4-9-12(10(22)5-7)8(2)15-13(16-9)17-11(23)6-24-14-18-19-20-21(14)3/h7H,4-6H2,1-3H3,(H,15,16,17,23)/t7-/m1/s1. The molecule has 1 amide bonds. The minimum absolute atomic E-state index is 0.0736. The Labute approximate surface area is 142 Å². The Kier molecular flexibility index (Phi) is 4.56. The third kappa shape index (κ3) is 3.42. The first kappa shape index (κ1) is 16.5. The van der Waals surface area contributed by atoms with E-state index in [0.29, 0.717) is 34.9 Å². The van der Waals surface area contributed by atoms with Gasteiger partial charge in [0.05, 0.1) is 22.7 Å². The van der Waals surface area contributed by atoms with Gasteiger partial charge in [0.2, 0.25) is 17.0 Å². The van der Waals surface area contributed by atoms with Crippen molar-refractivity contribution in [3.05, 3.63) is 17.0 Å². The van der Waals surface area contributed by atoms with Crippen LogP contribution in [-0.4, -0.2) is 47.6 Å². The lowest BCUT2D eigenvalue weighted by molar-refractivity contribution is -0.113. The number of amides is 1. The van der Waals surface area contributed by atoms with E-state index in [9.17, 15) is 9.59 Å². The van der Waals surface area contributed by atoms with E-state index in [2.05, 4.69) is 30.8 Å². The lowest BCUT2D eigenvalue weighted by Gasteiger charge is -2.21. The third-order valence-corrected chi connectivity index (χ3v) is 4.69. The van der Waals surface area contributed by atoms with Crippen LogP contribution in [0.4, 0.5) is 5.95 Å². The number of hydrogen-bond acceptors (Lipinski definition) is 8. The van der Waals surface area contributed by atoms with Gasteiger partial charge in [-0.1, -0.05) is 18.7 Å². The van der Waals surface area contributed by atoms with Gasteiger partial charge in [0.25, 0.3) is 0 Å². The molecule has 0 bridgehead atoms. The summed E-state index contributed by atoms with van der Waals surface area (Å²) in [7, 11) is 1.70. The molecule has 1 N–H and O–H groups in total. The smallest absolute Gasteiger partial charge is 0.237 e. The first-order valence-corrected chi connectivity index (χ1v) is 8.48. The van der Waals surface area contributed by atoms with Crippen molar-refractivity contribution in [3.63, 3.8) is 0 Å². The number of thioether (sulfide) groups is 1. The number of nitrogens with zero attached hydrogens (tertiary/aromatic N) is 6. The maximum Gasteiger partial charge on any atom is 0.237 e. The summed E-state index contributed by atoms with van der Waals surface area (Å²) in [5.74, 6) is 0.446. The molecule has 2 aromatic heterocycles. The van der Waals surface area contributed by atoms with Gasteiger partial charge < -0.3 is 0 Å². The summed E-state index contributed by atoms with van der Waals surface area (Å²) in [6.07, 6.45) is 1.23. The number of ketones is 1. The van der Waals surface area contributed by atoms with Crippen molar-refractivity contribution in [3.8, 4) is 0 Å². The van der Waals surface area contributed by atoms with Crippen LogP contribution < -0.4 is 5.32 Å². The zero-order valence-electron chi connectivity index (χ0n) is 13.6. The van der Waals surface area contributed by atoms with Crippen LogP contribution in [0.15, 0.2) is 5.16 Å². The molecule has 0 saturated carbocycles. The monoisotopic (exact) mass is 347 g/mol. The van der Waals surface area contributed by atoms with Crippen LogP contribution in [0.25, 0.3) is 0 Å². The van der Waals surface area contributed by atoms with E-state index in [1.165, 1.54) is 16.4 Å². The minimum atomic E-state index is -0.252. The molecule has 0 aromatic carbocycles. The molecule has 0 fully saturated rings. The van der Waals surface area contributed by atoms with E-state index in [0.717, 1.165) is 0 Å². The third-order valence-electron chi connectivity index (χ3n) is 3.68. The van der Waals surface area contributed by atoms with Gasteiger partial charge in [0, 0.05) is 13.5 Å². The Morgan fingerprint density at radius 2 is 2.17 bits per heavy atom. The van der Waals surface area contributed by atoms with Crippen LogP contribution in [0, 0.1) is 12.8 Å². The van der Waals surface area contributed by atoms with Crippen LogP contribution in [0.1, 0.15) is 35.1 Å². The Bertz CT molecular complexity index is 804. The van der Waals surface area contributed by atoms with Crippen molar-refractivity contribution < 1.29 is 9.59 Å². The fourth-order valence-corrected chi connectivity index (χ4v) is 3.30. The van der Waals surface area contributed by atoms with Crippen LogP contribution in [0.5, 0.6) is 0 Å². The summed E-state index contributed by atoms with van der Waals surface area (Å²) in [6.45, 7) is 3.78. The molecular formula is C14H17N7O2S. The van der Waals surface area contributed by atoms with Crippen LogP contribution in [-0.2, 0) is 18.3 Å². The van der Waals surface area contributed by atoms with E-state index in [4.69, 9.17) is 0 Å². The highest BCUT2D eigenvalue weighted by molar-refractivity contribution is 7.99. The molecule has 0 radical (unpaired) electrons. The number of tetrazole rings is 1. The van der Waals surface area contributed by atoms with Gasteiger partial charge in [-0.15, -0.1) is 5.10 Å². The van der Waals surface area contributed by atoms with Crippen molar-refractivity contribution in [2.45, 2.75) is 31.8 Å². The predicted octanol–water partition coefficient (Wildman–Crippen LogP) is 0.804. The lowest BCUT2D eigenvalue weighted by atomic mass is 9.86. The van der Waals surface area contributed by atoms with Gasteiger partial charge in [-0.3, -0.25) is 14.9 Å². The fraction of sp³-hybridized carbons (Fsp3) is 0.500. The van der Waals surface area contributed by atoms with Crippen molar-refractivity contribution >= 4 is 29.4 Å². The number of hydrogen-bond donors (Lipinski definition) is 1. The molecule has 1 atom stereocenters. The highest BCUT2D eigenvalue weighted by atomic mass is 32.2. The molecule has 0 saturated heterocycles. The van der Waals surface area contributed by atoms with Crippen molar-refractivity contribution in [1.82, 2.24) is 30.2 Å². The van der Waals surface area contributed by atoms with E-state index in [-0.39, 0.29) is 29.3 Å². The second kappa shape index (κ2) is 6.63. The van der Waals surface area contributed by atoms with Crippen LogP contribution in [0.2, 0.25) is 0 Å². The number of aryl methyl sites for hydroxylation is 2. The maximum absolute atomic E-state index is 12.1. The van der Waals surface area contributed by atoms with Gasteiger partial charge in [-0.25, -0.2) is 14.6 Å². The van der Waals surface area contributed by atoms with Gasteiger partial charge >= 0.3 is 0 Å². The van der Waals surface area contributed by atoms with Crippen molar-refractivity contribution in [2.24, 2.45) is 13.0 Å². The van der Waals surface area contributed by atoms with Gasteiger partial charge in [-0.05, 0) is 29.7 Å². The zero-order valence-corrected chi connectivity index (χ0v) is 14.4. The van der Waals surface area contributed by atoms with E-state index < -0.39 is 0 Å². The average Bonchev–Trinajstić information content (AvgIpc) is 2.89. The van der Waals surface area contributed by atoms with Crippen LogP contribution >= 0.6 is 11.8 Å². The summed E-state index contributed by atoms with van der Waals surface area (Å²) in [4.78, 5) is 32.8. The van der Waals surface area contributed by atoms with Gasteiger partial charge in [0.1, 0.15) is 0 Å². The van der Waals surface area contributed by atoms with Gasteiger partial charge in [0.15, 0.2) is 5.78 Å². The number of carbonyl (C=O) groups excluding carboxylic acids is 2. The summed E-state index contributed by atoms with van der Waals surface area (Å²) in [6, 6.07) is 0. The second-order valence-corrected chi connectivity index (χ2v) is 6.76. The highest BCUT2D eigenvalue weighted by Crippen LogP contribution is 2.26. The number of aromatic nitrogens is 6. The van der Waals surface area contributed by atoms with E-state index in [1.54, 1.807) is 14.0 Å². The summed E-state index contributed by atoms with van der Waals surface area (Å²) >= 11 is 1.22. The van der Waals surface area contributed by atoms with Crippen molar-refractivity contribution in [2.75, 3.05) is 11.1 Å². The molecule has 10 heteroatoms. The fourth-order valence-electron chi connectivity index (χ4n) is 2.65. The van der Waals surface area contributed by atoms with Gasteiger partial charge in [-0.2, -0.15) is 0 Å². The molecule has 2 aromatic rings. The maximum atomic E-state index is 12.1. The SMILES string of the molecule is Cc1nc(NC(=O)CSc2nnnn2C)nc2c1C(=O)C[C@H](C)C2. The normalized spacial score (nSPS) is 16.8. The molecule has 0 unspecified atom stereocenters. The van der Waals surface area contributed by atoms with E-state index in [1.807, 2.05) is 6.92 Å². The molecular weight excluding hydrogens is 330 g/mol. The molecule has 1 aliphatic rings. The predicted molar refractivity (Wildman–Crippen MR) is 86.7 cm³/mol. The topological polar surface area (TPSA) is 116 Å². The van der Waals surface area contributed by atoms with Crippen molar-refractivity contribution in [1.29, 1.82) is 0 Å². The molecule has 126 valence electrons. The van der Waals surface area contributed by atoms with E-state index >= 15 is 0 Å². The molecule has 2 heterocycles. The Morgan fingerprint density at radius 3 is 2.88 bits per heavy atom. The first-order chi connectivity index (χ1) is 11.4. The molecule has 3 rings (SSSR count). The number of nitrogens with one attached hydrogen (secondary N) is 1. The largest absolute Gasteiger partial charge is 0.294 e. The molecule has 0 spiro atoms. The summed E-state index contributed by atoms with van der Waals surface area (Å²) < 4.78 is 1.49. The summed E-state index contributed by atoms with van der Waals surface area (Å²) in [5.41, 5.74) is 1.93. The molecule has 0 aliphatic heterocycles. The summed E-state index contributed by atoms with van der Waals surface area (Å²) in [5, 5.41) is 14.2. The lowest BCUT2D eigenvalue weighted by Crippen LogP contribution is -2.24. The molecule has 24 heavy (non-hydrogen) atoms. The second-order valence-electron chi connectivity index (χ2n) is 5.81. The quantitative estimate of drug-likeness (QED) is 0.808. The minimum Gasteiger partial charge on any atom is -0.294 e. The number of carbonyl (C=O) groups is 2. The van der Waals surface area contributed by atoms with Crippen LogP contribution in [0.3, 0.4) is 0 Å². The molecule has 1 aliphatic carbocycles. The number of fused-ring (bicyclic) bond motifs is 1. The number of Topliss-reactive ketones (excluding diaryl/α,β-unsaturated/α-hetero) is 1. The number of rotatable bonds is 4.